The fourth-order valence-electron chi connectivity index (χ4n) is 0.858. The van der Waals surface area contributed by atoms with Crippen LogP contribution in [0.4, 0.5) is 0 Å². The fraction of sp³-hybridized carbons (Fsp3) is 0.111. The maximum absolute atomic E-state index is 9.24. The van der Waals surface area contributed by atoms with Crippen LogP contribution >= 0.6 is 0 Å². The first kappa shape index (κ1) is 12.2. The number of benzene rings is 1. The zero-order valence-electron chi connectivity index (χ0n) is 6.70. The van der Waals surface area contributed by atoms with Crippen LogP contribution in [0.15, 0.2) is 30.8 Å². The molecule has 2 N–H and O–H groups in total. The third-order valence-electron chi connectivity index (χ3n) is 1.48. The van der Waals surface area contributed by atoms with Gasteiger partial charge in [0.1, 0.15) is 5.75 Å². The van der Waals surface area contributed by atoms with Crippen molar-refractivity contribution in [1.82, 2.24) is 0 Å². The van der Waals surface area contributed by atoms with Crippen molar-refractivity contribution < 1.29 is 54.3 Å². The van der Waals surface area contributed by atoms with Gasteiger partial charge in [0.25, 0.3) is 0 Å². The zero-order chi connectivity index (χ0) is 8.27. The van der Waals surface area contributed by atoms with E-state index >= 15 is 0 Å². The van der Waals surface area contributed by atoms with Crippen LogP contribution in [0.5, 0.6) is 5.75 Å². The summed E-state index contributed by atoms with van der Waals surface area (Å²) in [4.78, 5) is 0. The molecule has 0 amide bonds. The first-order valence-electron chi connectivity index (χ1n) is 3.32. The van der Waals surface area contributed by atoms with E-state index in [1.54, 1.807) is 24.3 Å². The monoisotopic (exact) mass is 377 g/mol. The number of rotatable bonds is 2. The van der Waals surface area contributed by atoms with E-state index in [1.165, 1.54) is 0 Å². The number of aliphatic hydroxyl groups is 1. The summed E-state index contributed by atoms with van der Waals surface area (Å²) in [5.41, 5.74) is 1.14. The third-order valence-corrected chi connectivity index (χ3v) is 1.48. The van der Waals surface area contributed by atoms with Gasteiger partial charge in [-0.3, -0.25) is 0 Å². The van der Waals surface area contributed by atoms with Crippen LogP contribution in [0.1, 0.15) is 5.56 Å². The van der Waals surface area contributed by atoms with E-state index in [0.29, 0.717) is 11.1 Å². The van der Waals surface area contributed by atoms with Gasteiger partial charge in [-0.2, -0.15) is 0 Å². The maximum Gasteiger partial charge on any atom is 0.123 e. The Hall–Kier alpha value is 0.162. The van der Waals surface area contributed by atoms with E-state index in [0.717, 1.165) is 0 Å². The second kappa shape index (κ2) is 5.75. The average Bonchev–Trinajstić information content (AvgIpc) is 2.04. The fourth-order valence-corrected chi connectivity index (χ4v) is 0.858. The number of phenolic OH excluding ortho intramolecular Hbond substituents is 1. The minimum absolute atomic E-state index is 0. The van der Waals surface area contributed by atoms with Gasteiger partial charge in [-0.25, -0.2) is 0 Å². The summed E-state index contributed by atoms with van der Waals surface area (Å²) in [7, 11) is 0. The molecule has 1 aromatic carbocycles. The molecule has 1 rings (SSSR count). The topological polar surface area (TPSA) is 40.5 Å². The molecule has 0 aliphatic heterocycles. The summed E-state index contributed by atoms with van der Waals surface area (Å²) < 4.78 is 0. The van der Waals surface area contributed by atoms with Crippen molar-refractivity contribution >= 4 is 5.57 Å². The van der Waals surface area contributed by atoms with Gasteiger partial charge in [0.2, 0.25) is 0 Å². The van der Waals surface area contributed by atoms with E-state index in [1.807, 2.05) is 0 Å². The van der Waals surface area contributed by atoms with Crippen molar-refractivity contribution in [2.24, 2.45) is 0 Å². The standard InChI is InChI=1S/C9H10O2.Ac/c1-7(6-10)8-4-2-3-5-9(8)11;/h2-5,10-11H,1,6H2;. The summed E-state index contributed by atoms with van der Waals surface area (Å²) in [5, 5.41) is 17.9. The van der Waals surface area contributed by atoms with Crippen LogP contribution in [0, 0.1) is 44.1 Å². The smallest absolute Gasteiger partial charge is 0.123 e. The number of hydrogen-bond donors (Lipinski definition) is 2. The first-order valence-corrected chi connectivity index (χ1v) is 3.32. The Bertz CT molecular complexity index is 271. The minimum Gasteiger partial charge on any atom is -0.507 e. The number of hydrogen-bond acceptors (Lipinski definition) is 2. The third kappa shape index (κ3) is 2.90. The molecule has 1 radical (unpaired) electrons. The van der Waals surface area contributed by atoms with Gasteiger partial charge in [0.15, 0.2) is 0 Å². The largest absolute Gasteiger partial charge is 0.507 e. The van der Waals surface area contributed by atoms with Gasteiger partial charge in [-0.15, -0.1) is 0 Å². The molecule has 0 aliphatic carbocycles. The number of phenols is 1. The molecule has 0 spiro atoms. The van der Waals surface area contributed by atoms with Crippen LogP contribution in [0.3, 0.4) is 0 Å². The Morgan fingerprint density at radius 2 is 1.92 bits per heavy atom. The summed E-state index contributed by atoms with van der Waals surface area (Å²) >= 11 is 0. The molecule has 0 bridgehead atoms. The predicted octanol–water partition coefficient (Wildman–Crippen LogP) is 1.40. The number of aliphatic hydroxyl groups excluding tert-OH is 1. The van der Waals surface area contributed by atoms with Crippen LogP contribution < -0.4 is 0 Å². The second-order valence-electron chi connectivity index (χ2n) is 2.28. The van der Waals surface area contributed by atoms with Crippen molar-refractivity contribution in [1.29, 1.82) is 0 Å². The van der Waals surface area contributed by atoms with Gasteiger partial charge >= 0.3 is 0 Å². The summed E-state index contributed by atoms with van der Waals surface area (Å²) in [5.74, 6) is 0.159. The van der Waals surface area contributed by atoms with Crippen molar-refractivity contribution in [2.45, 2.75) is 0 Å². The molecular formula is C9H10AcO2. The molecule has 0 atom stereocenters. The van der Waals surface area contributed by atoms with Gasteiger partial charge in [0, 0.05) is 49.6 Å². The van der Waals surface area contributed by atoms with Crippen molar-refractivity contribution in [3.05, 3.63) is 36.4 Å². The molecule has 0 aromatic heterocycles. The Labute approximate surface area is 107 Å². The van der Waals surface area contributed by atoms with E-state index in [2.05, 4.69) is 6.58 Å². The van der Waals surface area contributed by atoms with Crippen LogP contribution in [0.2, 0.25) is 0 Å². The van der Waals surface area contributed by atoms with Gasteiger partial charge < -0.3 is 10.2 Å². The summed E-state index contributed by atoms with van der Waals surface area (Å²) in [6, 6.07) is 6.80. The molecule has 1 aromatic rings. The Morgan fingerprint density at radius 1 is 1.33 bits per heavy atom. The van der Waals surface area contributed by atoms with Gasteiger partial charge in [-0.1, -0.05) is 24.8 Å². The Kier molecular flexibility index (Phi) is 5.82. The number of aromatic hydroxyl groups is 1. The number of para-hydroxylation sites is 1. The van der Waals surface area contributed by atoms with E-state index in [4.69, 9.17) is 5.11 Å². The zero-order valence-corrected chi connectivity index (χ0v) is 11.4. The maximum atomic E-state index is 9.24. The minimum atomic E-state index is -0.127. The molecule has 0 fully saturated rings. The molecule has 0 unspecified atom stereocenters. The first-order chi connectivity index (χ1) is 5.25. The molecule has 0 aliphatic rings. The van der Waals surface area contributed by atoms with Crippen molar-refractivity contribution in [3.8, 4) is 5.75 Å². The van der Waals surface area contributed by atoms with Crippen LogP contribution in [-0.4, -0.2) is 16.8 Å². The van der Waals surface area contributed by atoms with Crippen LogP contribution in [0.25, 0.3) is 5.57 Å². The molecule has 61 valence electrons. The molecule has 0 heterocycles. The van der Waals surface area contributed by atoms with E-state index < -0.39 is 0 Å². The molecule has 0 saturated heterocycles. The van der Waals surface area contributed by atoms with Crippen LogP contribution in [-0.2, 0) is 0 Å². The summed E-state index contributed by atoms with van der Waals surface area (Å²) in [6.07, 6.45) is 0. The van der Waals surface area contributed by atoms with Gasteiger partial charge in [0.05, 0.1) is 6.61 Å². The quantitative estimate of drug-likeness (QED) is 0.818. The second-order valence-corrected chi connectivity index (χ2v) is 2.28. The molecule has 0 saturated carbocycles. The van der Waals surface area contributed by atoms with Crippen molar-refractivity contribution in [3.63, 3.8) is 0 Å². The Balaban J connectivity index is 0.00000121. The normalized spacial score (nSPS) is 8.75. The molecule has 12 heavy (non-hydrogen) atoms. The molecule has 3 heteroatoms. The van der Waals surface area contributed by atoms with Crippen molar-refractivity contribution in [2.75, 3.05) is 6.61 Å². The molecule has 2 nitrogen and oxygen atoms in total. The van der Waals surface area contributed by atoms with E-state index in [9.17, 15) is 5.11 Å². The van der Waals surface area contributed by atoms with Gasteiger partial charge in [-0.05, 0) is 11.6 Å². The Morgan fingerprint density at radius 3 is 2.42 bits per heavy atom. The predicted molar refractivity (Wildman–Crippen MR) is 44.2 cm³/mol. The van der Waals surface area contributed by atoms with E-state index in [-0.39, 0.29) is 56.4 Å². The SMILES string of the molecule is C=C(CO)c1ccccc1O.[Ac]. The summed E-state index contributed by atoms with van der Waals surface area (Å²) in [6.45, 7) is 3.47. The average molecular weight is 377 g/mol. The molecular weight excluding hydrogens is 367 g/mol.